The Morgan fingerprint density at radius 1 is 1.47 bits per heavy atom. The third-order valence-electron chi connectivity index (χ3n) is 2.84. The fourth-order valence-corrected chi connectivity index (χ4v) is 1.58. The number of nitrogens with zero attached hydrogens (tertiary/aromatic N) is 2. The van der Waals surface area contributed by atoms with Crippen molar-refractivity contribution in [2.75, 3.05) is 13.6 Å². The Kier molecular flexibility index (Phi) is 5.29. The SMILES string of the molecule is CC(CN(C)C(=O)NC(C)c1cccnc1)C(=O)O. The molecule has 2 atom stereocenters. The van der Waals surface area contributed by atoms with Gasteiger partial charge < -0.3 is 15.3 Å². The monoisotopic (exact) mass is 265 g/mol. The van der Waals surface area contributed by atoms with Gasteiger partial charge in [0.1, 0.15) is 0 Å². The summed E-state index contributed by atoms with van der Waals surface area (Å²) in [6.45, 7) is 3.58. The Hall–Kier alpha value is -2.11. The van der Waals surface area contributed by atoms with Gasteiger partial charge >= 0.3 is 12.0 Å². The first kappa shape index (κ1) is 14.9. The van der Waals surface area contributed by atoms with Gasteiger partial charge in [-0.3, -0.25) is 9.78 Å². The van der Waals surface area contributed by atoms with Crippen molar-refractivity contribution in [3.8, 4) is 0 Å². The van der Waals surface area contributed by atoms with Gasteiger partial charge in [0, 0.05) is 26.0 Å². The van der Waals surface area contributed by atoms with Gasteiger partial charge in [0.05, 0.1) is 12.0 Å². The van der Waals surface area contributed by atoms with Gasteiger partial charge in [-0.15, -0.1) is 0 Å². The van der Waals surface area contributed by atoms with Crippen molar-refractivity contribution in [1.82, 2.24) is 15.2 Å². The Morgan fingerprint density at radius 3 is 2.68 bits per heavy atom. The molecule has 0 fully saturated rings. The minimum absolute atomic E-state index is 0.168. The third-order valence-corrected chi connectivity index (χ3v) is 2.84. The van der Waals surface area contributed by atoms with E-state index in [1.165, 1.54) is 4.90 Å². The lowest BCUT2D eigenvalue weighted by atomic mass is 10.1. The first-order valence-electron chi connectivity index (χ1n) is 6.06. The average molecular weight is 265 g/mol. The van der Waals surface area contributed by atoms with E-state index in [-0.39, 0.29) is 18.6 Å². The second kappa shape index (κ2) is 6.72. The fourth-order valence-electron chi connectivity index (χ4n) is 1.58. The maximum absolute atomic E-state index is 11.9. The number of carboxylic acids is 1. The largest absolute Gasteiger partial charge is 0.481 e. The minimum Gasteiger partial charge on any atom is -0.481 e. The minimum atomic E-state index is -0.917. The van der Waals surface area contributed by atoms with Crippen molar-refractivity contribution in [2.45, 2.75) is 19.9 Å². The van der Waals surface area contributed by atoms with E-state index in [1.807, 2.05) is 13.0 Å². The molecule has 1 heterocycles. The highest BCUT2D eigenvalue weighted by Crippen LogP contribution is 2.10. The van der Waals surface area contributed by atoms with Crippen molar-refractivity contribution >= 4 is 12.0 Å². The number of nitrogens with one attached hydrogen (secondary N) is 1. The molecule has 0 aromatic carbocycles. The van der Waals surface area contributed by atoms with Crippen LogP contribution in [-0.2, 0) is 4.79 Å². The molecule has 0 aliphatic carbocycles. The van der Waals surface area contributed by atoms with E-state index in [2.05, 4.69) is 10.3 Å². The van der Waals surface area contributed by atoms with Crippen LogP contribution in [0.3, 0.4) is 0 Å². The molecule has 6 nitrogen and oxygen atoms in total. The lowest BCUT2D eigenvalue weighted by molar-refractivity contribution is -0.141. The quantitative estimate of drug-likeness (QED) is 0.845. The van der Waals surface area contributed by atoms with Gasteiger partial charge in [0.2, 0.25) is 0 Å². The molecule has 6 heteroatoms. The number of aliphatic carboxylic acids is 1. The standard InChI is InChI=1S/C13H19N3O3/c1-9(12(17)18)8-16(3)13(19)15-10(2)11-5-4-6-14-7-11/h4-7,9-10H,8H2,1-3H3,(H,15,19)(H,17,18). The highest BCUT2D eigenvalue weighted by atomic mass is 16.4. The zero-order valence-electron chi connectivity index (χ0n) is 11.3. The summed E-state index contributed by atoms with van der Waals surface area (Å²) in [4.78, 5) is 28.0. The number of hydrogen-bond acceptors (Lipinski definition) is 3. The molecule has 1 aromatic heterocycles. The van der Waals surface area contributed by atoms with Crippen LogP contribution in [0.5, 0.6) is 0 Å². The zero-order valence-corrected chi connectivity index (χ0v) is 11.3. The fraction of sp³-hybridized carbons (Fsp3) is 0.462. The van der Waals surface area contributed by atoms with Gasteiger partial charge in [-0.05, 0) is 18.6 Å². The number of amides is 2. The Bertz CT molecular complexity index is 436. The molecular weight excluding hydrogens is 246 g/mol. The van der Waals surface area contributed by atoms with E-state index in [0.29, 0.717) is 0 Å². The molecule has 2 N–H and O–H groups in total. The number of hydrogen-bond donors (Lipinski definition) is 2. The van der Waals surface area contributed by atoms with Crippen LogP contribution in [-0.4, -0.2) is 40.6 Å². The summed E-state index contributed by atoms with van der Waals surface area (Å²) >= 11 is 0. The highest BCUT2D eigenvalue weighted by molar-refractivity contribution is 5.76. The number of aromatic nitrogens is 1. The Labute approximate surface area is 112 Å². The maximum Gasteiger partial charge on any atom is 0.317 e. The second-order valence-corrected chi connectivity index (χ2v) is 4.58. The first-order valence-corrected chi connectivity index (χ1v) is 6.06. The molecule has 0 saturated heterocycles. The van der Waals surface area contributed by atoms with Gasteiger partial charge in [0.15, 0.2) is 0 Å². The van der Waals surface area contributed by atoms with E-state index >= 15 is 0 Å². The lowest BCUT2D eigenvalue weighted by Crippen LogP contribution is -2.41. The molecule has 2 amide bonds. The third kappa shape index (κ3) is 4.57. The van der Waals surface area contributed by atoms with Crippen molar-refractivity contribution in [3.05, 3.63) is 30.1 Å². The summed E-state index contributed by atoms with van der Waals surface area (Å²) in [6.07, 6.45) is 3.35. The lowest BCUT2D eigenvalue weighted by Gasteiger charge is -2.22. The number of rotatable bonds is 5. The molecule has 19 heavy (non-hydrogen) atoms. The number of carbonyl (C=O) groups is 2. The smallest absolute Gasteiger partial charge is 0.317 e. The van der Waals surface area contributed by atoms with Crippen LogP contribution in [0.4, 0.5) is 4.79 Å². The number of urea groups is 1. The van der Waals surface area contributed by atoms with Crippen LogP contribution >= 0.6 is 0 Å². The van der Waals surface area contributed by atoms with Gasteiger partial charge in [-0.2, -0.15) is 0 Å². The molecule has 0 radical (unpaired) electrons. The molecule has 1 rings (SSSR count). The van der Waals surface area contributed by atoms with E-state index in [9.17, 15) is 9.59 Å². The van der Waals surface area contributed by atoms with Crippen molar-refractivity contribution < 1.29 is 14.7 Å². The zero-order chi connectivity index (χ0) is 14.4. The predicted octanol–water partition coefficient (Wildman–Crippen LogP) is 1.50. The van der Waals surface area contributed by atoms with E-state index in [1.54, 1.807) is 32.4 Å². The molecular formula is C13H19N3O3. The molecule has 0 spiro atoms. The first-order chi connectivity index (χ1) is 8.91. The van der Waals surface area contributed by atoms with Gasteiger partial charge in [0.25, 0.3) is 0 Å². The predicted molar refractivity (Wildman–Crippen MR) is 70.6 cm³/mol. The van der Waals surface area contributed by atoms with Crippen LogP contribution in [0.25, 0.3) is 0 Å². The number of carbonyl (C=O) groups excluding carboxylic acids is 1. The summed E-state index contributed by atoms with van der Waals surface area (Å²) in [5.41, 5.74) is 0.899. The molecule has 1 aromatic rings. The van der Waals surface area contributed by atoms with Crippen molar-refractivity contribution in [3.63, 3.8) is 0 Å². The molecule has 0 aliphatic rings. The van der Waals surface area contributed by atoms with Crippen LogP contribution in [0, 0.1) is 5.92 Å². The molecule has 104 valence electrons. The molecule has 2 unspecified atom stereocenters. The second-order valence-electron chi connectivity index (χ2n) is 4.58. The van der Waals surface area contributed by atoms with E-state index < -0.39 is 11.9 Å². The Morgan fingerprint density at radius 2 is 2.16 bits per heavy atom. The van der Waals surface area contributed by atoms with Crippen LogP contribution < -0.4 is 5.32 Å². The molecule has 0 saturated carbocycles. The topological polar surface area (TPSA) is 82.5 Å². The summed E-state index contributed by atoms with van der Waals surface area (Å²) in [6, 6.07) is 3.19. The molecule has 0 bridgehead atoms. The Balaban J connectivity index is 2.53. The molecule has 0 aliphatic heterocycles. The highest BCUT2D eigenvalue weighted by Gasteiger charge is 2.18. The normalized spacial score (nSPS) is 13.4. The number of carboxylic acid groups (broad SMARTS) is 1. The van der Waals surface area contributed by atoms with Crippen LogP contribution in [0.2, 0.25) is 0 Å². The average Bonchev–Trinajstić information content (AvgIpc) is 2.39. The van der Waals surface area contributed by atoms with Gasteiger partial charge in [-0.25, -0.2) is 4.79 Å². The maximum atomic E-state index is 11.9. The van der Waals surface area contributed by atoms with Crippen LogP contribution in [0.1, 0.15) is 25.5 Å². The van der Waals surface area contributed by atoms with Crippen molar-refractivity contribution in [2.24, 2.45) is 5.92 Å². The number of pyridine rings is 1. The van der Waals surface area contributed by atoms with Crippen LogP contribution in [0.15, 0.2) is 24.5 Å². The van der Waals surface area contributed by atoms with E-state index in [4.69, 9.17) is 5.11 Å². The summed E-state index contributed by atoms with van der Waals surface area (Å²) in [7, 11) is 1.57. The summed E-state index contributed by atoms with van der Waals surface area (Å²) in [5, 5.41) is 11.6. The summed E-state index contributed by atoms with van der Waals surface area (Å²) in [5.74, 6) is -1.51. The van der Waals surface area contributed by atoms with E-state index in [0.717, 1.165) is 5.56 Å². The summed E-state index contributed by atoms with van der Waals surface area (Å²) < 4.78 is 0. The van der Waals surface area contributed by atoms with Crippen molar-refractivity contribution in [1.29, 1.82) is 0 Å². The van der Waals surface area contributed by atoms with Gasteiger partial charge in [-0.1, -0.05) is 13.0 Å².